The van der Waals surface area contributed by atoms with E-state index in [1.807, 2.05) is 30.3 Å². The van der Waals surface area contributed by atoms with Crippen molar-refractivity contribution in [3.05, 3.63) is 30.3 Å². The average Bonchev–Trinajstić information content (AvgIpc) is 2.27. The first-order chi connectivity index (χ1) is 7.22. The van der Waals surface area contributed by atoms with Crippen molar-refractivity contribution in [1.29, 1.82) is 0 Å². The first-order valence-electron chi connectivity index (χ1n) is 5.42. The summed E-state index contributed by atoms with van der Waals surface area (Å²) in [6.07, 6.45) is 1.65. The molecule has 0 heterocycles. The van der Waals surface area contributed by atoms with Crippen molar-refractivity contribution >= 4 is 5.78 Å². The topological polar surface area (TPSA) is 26.3 Å². The normalized spacial score (nSPS) is 12.1. The molecule has 1 rings (SSSR count). The zero-order chi connectivity index (χ0) is 11.1. The number of Topliss-reactive ketones (excluding diaryl/α,β-unsaturated/α-hetero) is 1. The molecule has 1 unspecified atom stereocenters. The standard InChI is InChI=1S/C13H18O2/c1-3-11(2)9-12(14)10-15-13-7-5-4-6-8-13/h4-8,11H,3,9-10H2,1-2H3. The van der Waals surface area contributed by atoms with E-state index in [-0.39, 0.29) is 12.4 Å². The van der Waals surface area contributed by atoms with Crippen LogP contribution in [0, 0.1) is 5.92 Å². The zero-order valence-electron chi connectivity index (χ0n) is 9.40. The van der Waals surface area contributed by atoms with Crippen molar-refractivity contribution in [3.63, 3.8) is 0 Å². The first-order valence-corrected chi connectivity index (χ1v) is 5.42. The van der Waals surface area contributed by atoms with Crippen LogP contribution in [0.2, 0.25) is 0 Å². The molecule has 0 amide bonds. The molecular weight excluding hydrogens is 188 g/mol. The summed E-state index contributed by atoms with van der Waals surface area (Å²) >= 11 is 0. The van der Waals surface area contributed by atoms with E-state index in [1.54, 1.807) is 0 Å². The largest absolute Gasteiger partial charge is 0.486 e. The van der Waals surface area contributed by atoms with Gasteiger partial charge in [-0.3, -0.25) is 4.79 Å². The third kappa shape index (κ3) is 4.63. The van der Waals surface area contributed by atoms with Crippen LogP contribution < -0.4 is 4.74 Å². The van der Waals surface area contributed by atoms with Crippen molar-refractivity contribution in [2.24, 2.45) is 5.92 Å². The number of carbonyl (C=O) groups excluding carboxylic acids is 1. The Morgan fingerprint density at radius 3 is 2.60 bits per heavy atom. The van der Waals surface area contributed by atoms with Crippen LogP contribution in [0.4, 0.5) is 0 Å². The SMILES string of the molecule is CCC(C)CC(=O)COc1ccccc1. The number of rotatable bonds is 6. The highest BCUT2D eigenvalue weighted by Crippen LogP contribution is 2.10. The molecule has 2 nitrogen and oxygen atoms in total. The maximum atomic E-state index is 11.5. The molecule has 0 aliphatic rings. The van der Waals surface area contributed by atoms with E-state index in [4.69, 9.17) is 4.74 Å². The molecule has 1 aromatic carbocycles. The highest BCUT2D eigenvalue weighted by Gasteiger charge is 2.07. The number of para-hydroxylation sites is 1. The van der Waals surface area contributed by atoms with Gasteiger partial charge in [-0.2, -0.15) is 0 Å². The molecule has 0 fully saturated rings. The van der Waals surface area contributed by atoms with Gasteiger partial charge in [-0.05, 0) is 18.1 Å². The van der Waals surface area contributed by atoms with Crippen molar-refractivity contribution in [3.8, 4) is 5.75 Å². The Kier molecular flexibility index (Phi) is 4.88. The third-order valence-electron chi connectivity index (χ3n) is 2.42. The van der Waals surface area contributed by atoms with Crippen LogP contribution in [0.25, 0.3) is 0 Å². The van der Waals surface area contributed by atoms with E-state index < -0.39 is 0 Å². The van der Waals surface area contributed by atoms with Crippen LogP contribution in [-0.4, -0.2) is 12.4 Å². The van der Waals surface area contributed by atoms with Gasteiger partial charge in [-0.1, -0.05) is 38.5 Å². The molecule has 0 saturated heterocycles. The number of carbonyl (C=O) groups is 1. The summed E-state index contributed by atoms with van der Waals surface area (Å²) in [4.78, 5) is 11.5. The molecule has 0 radical (unpaired) electrons. The van der Waals surface area contributed by atoms with Gasteiger partial charge in [0.05, 0.1) is 0 Å². The van der Waals surface area contributed by atoms with Gasteiger partial charge in [0.15, 0.2) is 5.78 Å². The molecular formula is C13H18O2. The number of hydrogen-bond acceptors (Lipinski definition) is 2. The van der Waals surface area contributed by atoms with Gasteiger partial charge >= 0.3 is 0 Å². The Balaban J connectivity index is 2.29. The Labute approximate surface area is 91.3 Å². The lowest BCUT2D eigenvalue weighted by Crippen LogP contribution is -2.14. The Morgan fingerprint density at radius 1 is 1.33 bits per heavy atom. The Bertz CT molecular complexity index is 293. The van der Waals surface area contributed by atoms with Crippen molar-refractivity contribution < 1.29 is 9.53 Å². The fraction of sp³-hybridized carbons (Fsp3) is 0.462. The monoisotopic (exact) mass is 206 g/mol. The lowest BCUT2D eigenvalue weighted by Gasteiger charge is -2.08. The average molecular weight is 206 g/mol. The summed E-state index contributed by atoms with van der Waals surface area (Å²) in [5, 5.41) is 0. The zero-order valence-corrected chi connectivity index (χ0v) is 9.40. The van der Waals surface area contributed by atoms with E-state index in [0.29, 0.717) is 12.3 Å². The summed E-state index contributed by atoms with van der Waals surface area (Å²) in [5.74, 6) is 1.39. The van der Waals surface area contributed by atoms with E-state index in [2.05, 4.69) is 13.8 Å². The molecule has 1 atom stereocenters. The summed E-state index contributed by atoms with van der Waals surface area (Å²) in [6, 6.07) is 9.43. The molecule has 15 heavy (non-hydrogen) atoms. The van der Waals surface area contributed by atoms with E-state index in [9.17, 15) is 4.79 Å². The van der Waals surface area contributed by atoms with Gasteiger partial charge in [0.1, 0.15) is 12.4 Å². The first kappa shape index (κ1) is 11.8. The second-order valence-corrected chi connectivity index (χ2v) is 3.86. The Morgan fingerprint density at radius 2 is 2.00 bits per heavy atom. The molecule has 0 bridgehead atoms. The molecule has 0 spiro atoms. The predicted octanol–water partition coefficient (Wildman–Crippen LogP) is 3.07. The minimum atomic E-state index is 0.174. The van der Waals surface area contributed by atoms with Crippen LogP contribution in [-0.2, 0) is 4.79 Å². The van der Waals surface area contributed by atoms with Gasteiger partial charge in [-0.15, -0.1) is 0 Å². The lowest BCUT2D eigenvalue weighted by molar-refractivity contribution is -0.121. The number of ketones is 1. The molecule has 82 valence electrons. The summed E-state index contributed by atoms with van der Waals surface area (Å²) in [7, 11) is 0. The van der Waals surface area contributed by atoms with Gasteiger partial charge in [-0.25, -0.2) is 0 Å². The van der Waals surface area contributed by atoms with Crippen LogP contribution in [0.5, 0.6) is 5.75 Å². The van der Waals surface area contributed by atoms with Crippen LogP contribution in [0.1, 0.15) is 26.7 Å². The van der Waals surface area contributed by atoms with Crippen molar-refractivity contribution in [2.75, 3.05) is 6.61 Å². The minimum absolute atomic E-state index is 0.174. The molecule has 2 heteroatoms. The van der Waals surface area contributed by atoms with Crippen LogP contribution >= 0.6 is 0 Å². The fourth-order valence-corrected chi connectivity index (χ4v) is 1.27. The van der Waals surface area contributed by atoms with Crippen molar-refractivity contribution in [2.45, 2.75) is 26.7 Å². The second kappa shape index (κ2) is 6.23. The maximum absolute atomic E-state index is 11.5. The highest BCUT2D eigenvalue weighted by molar-refractivity contribution is 5.80. The number of benzene rings is 1. The quantitative estimate of drug-likeness (QED) is 0.715. The van der Waals surface area contributed by atoms with Crippen molar-refractivity contribution in [1.82, 2.24) is 0 Å². The summed E-state index contributed by atoms with van der Waals surface area (Å²) < 4.78 is 5.36. The van der Waals surface area contributed by atoms with Gasteiger partial charge in [0.2, 0.25) is 0 Å². The molecule has 1 aromatic rings. The molecule has 0 saturated carbocycles. The van der Waals surface area contributed by atoms with Crippen LogP contribution in [0.15, 0.2) is 30.3 Å². The number of ether oxygens (including phenoxy) is 1. The summed E-state index contributed by atoms with van der Waals surface area (Å²) in [6.45, 7) is 4.37. The van der Waals surface area contributed by atoms with E-state index in [1.165, 1.54) is 0 Å². The van der Waals surface area contributed by atoms with Gasteiger partial charge in [0.25, 0.3) is 0 Å². The van der Waals surface area contributed by atoms with Gasteiger partial charge < -0.3 is 4.74 Å². The predicted molar refractivity (Wildman–Crippen MR) is 61.0 cm³/mol. The third-order valence-corrected chi connectivity index (χ3v) is 2.42. The minimum Gasteiger partial charge on any atom is -0.486 e. The lowest BCUT2D eigenvalue weighted by atomic mass is 10.0. The smallest absolute Gasteiger partial charge is 0.170 e. The van der Waals surface area contributed by atoms with E-state index in [0.717, 1.165) is 12.2 Å². The fourth-order valence-electron chi connectivity index (χ4n) is 1.27. The molecule has 0 N–H and O–H groups in total. The molecule has 0 aliphatic carbocycles. The molecule has 0 aliphatic heterocycles. The maximum Gasteiger partial charge on any atom is 0.170 e. The van der Waals surface area contributed by atoms with Gasteiger partial charge in [0, 0.05) is 6.42 Å². The van der Waals surface area contributed by atoms with E-state index >= 15 is 0 Å². The molecule has 0 aromatic heterocycles. The number of hydrogen-bond donors (Lipinski definition) is 0. The highest BCUT2D eigenvalue weighted by atomic mass is 16.5. The van der Waals surface area contributed by atoms with Crippen LogP contribution in [0.3, 0.4) is 0 Å². The second-order valence-electron chi connectivity index (χ2n) is 3.86. The Hall–Kier alpha value is -1.31. The summed E-state index contributed by atoms with van der Waals surface area (Å²) in [5.41, 5.74) is 0.